The fraction of sp³-hybridized carbons (Fsp3) is 0.364. The first-order valence-electron chi connectivity index (χ1n) is 10.1. The molecule has 1 saturated heterocycles. The summed E-state index contributed by atoms with van der Waals surface area (Å²) >= 11 is 0. The molecule has 1 aliphatic rings. The molecule has 3 amide bonds. The van der Waals surface area contributed by atoms with Gasteiger partial charge in [0.25, 0.3) is 5.91 Å². The van der Waals surface area contributed by atoms with Gasteiger partial charge in [0, 0.05) is 52.0 Å². The average molecular weight is 409 g/mol. The predicted molar refractivity (Wildman–Crippen MR) is 115 cm³/mol. The van der Waals surface area contributed by atoms with Crippen LogP contribution in [-0.2, 0) is 6.54 Å². The molecular formula is C22H27N5O3. The van der Waals surface area contributed by atoms with E-state index in [-0.39, 0.29) is 11.9 Å². The number of rotatable bonds is 4. The van der Waals surface area contributed by atoms with Crippen molar-refractivity contribution in [3.8, 4) is 0 Å². The molecule has 4 heterocycles. The smallest absolute Gasteiger partial charge is 0.319 e. The molecule has 1 N–H and O–H groups in total. The van der Waals surface area contributed by atoms with E-state index < -0.39 is 0 Å². The molecule has 3 aromatic rings. The molecular weight excluding hydrogens is 382 g/mol. The quantitative estimate of drug-likeness (QED) is 0.719. The first-order chi connectivity index (χ1) is 14.4. The van der Waals surface area contributed by atoms with E-state index in [4.69, 9.17) is 4.42 Å². The Balaban J connectivity index is 1.46. The second-order valence-corrected chi connectivity index (χ2v) is 7.75. The van der Waals surface area contributed by atoms with E-state index >= 15 is 0 Å². The Morgan fingerprint density at radius 2 is 1.77 bits per heavy atom. The van der Waals surface area contributed by atoms with Gasteiger partial charge in [-0.2, -0.15) is 0 Å². The Hall–Kier alpha value is -3.42. The second kappa shape index (κ2) is 8.14. The third kappa shape index (κ3) is 3.98. The van der Waals surface area contributed by atoms with Gasteiger partial charge < -0.3 is 28.8 Å². The molecule has 0 radical (unpaired) electrons. The van der Waals surface area contributed by atoms with Crippen LogP contribution in [0.3, 0.4) is 0 Å². The van der Waals surface area contributed by atoms with Crippen molar-refractivity contribution < 1.29 is 14.0 Å². The summed E-state index contributed by atoms with van der Waals surface area (Å²) in [6.07, 6.45) is 1.87. The number of nitrogens with one attached hydrogen (secondary N) is 1. The highest BCUT2D eigenvalue weighted by Gasteiger charge is 2.23. The van der Waals surface area contributed by atoms with E-state index in [0.717, 1.165) is 35.9 Å². The number of fused-ring (bicyclic) bond motifs is 1. The lowest BCUT2D eigenvalue weighted by atomic mass is 10.2. The minimum atomic E-state index is -0.146. The number of carbonyl (C=O) groups is 2. The molecule has 1 aliphatic heterocycles. The molecule has 0 atom stereocenters. The molecule has 8 heteroatoms. The normalized spacial score (nSPS) is 14.2. The largest absolute Gasteiger partial charge is 0.465 e. The van der Waals surface area contributed by atoms with Crippen LogP contribution in [0.4, 0.5) is 10.6 Å². The fourth-order valence-corrected chi connectivity index (χ4v) is 3.74. The number of furan rings is 1. The van der Waals surface area contributed by atoms with Crippen LogP contribution >= 0.6 is 0 Å². The highest BCUT2D eigenvalue weighted by atomic mass is 16.3. The number of carbonyl (C=O) groups excluding carboxylic acids is 2. The first-order valence-corrected chi connectivity index (χ1v) is 10.1. The summed E-state index contributed by atoms with van der Waals surface area (Å²) in [7, 11) is 3.55. The number of aromatic nitrogens is 1. The molecule has 158 valence electrons. The van der Waals surface area contributed by atoms with E-state index in [9.17, 15) is 9.59 Å². The molecule has 8 nitrogen and oxygen atoms in total. The molecule has 1 fully saturated rings. The van der Waals surface area contributed by atoms with Crippen LogP contribution < -0.4 is 10.2 Å². The van der Waals surface area contributed by atoms with Crippen molar-refractivity contribution >= 4 is 23.3 Å². The van der Waals surface area contributed by atoms with Crippen LogP contribution in [-0.4, -0.2) is 66.4 Å². The molecule has 0 unspecified atom stereocenters. The van der Waals surface area contributed by atoms with Crippen LogP contribution in [0.5, 0.6) is 0 Å². The third-order valence-corrected chi connectivity index (χ3v) is 5.37. The standard InChI is InChI=1S/C22H27N5O3/c1-16-4-8-19(30-16)14-23-21(28)17-5-6-18-7-9-20(27(18)15-17)25-10-12-26(13-11-25)22(29)24(2)3/h4-9,15H,10-14H2,1-3H3,(H,23,28). The number of amides is 3. The Morgan fingerprint density at radius 3 is 2.43 bits per heavy atom. The van der Waals surface area contributed by atoms with Crippen LogP contribution in [0.15, 0.2) is 47.0 Å². The second-order valence-electron chi connectivity index (χ2n) is 7.75. The van der Waals surface area contributed by atoms with Crippen LogP contribution in [0.1, 0.15) is 21.9 Å². The van der Waals surface area contributed by atoms with Gasteiger partial charge in [-0.05, 0) is 43.3 Å². The Morgan fingerprint density at radius 1 is 1.03 bits per heavy atom. The van der Waals surface area contributed by atoms with Crippen LogP contribution in [0.25, 0.3) is 5.52 Å². The lowest BCUT2D eigenvalue weighted by Gasteiger charge is -2.36. The number of hydrogen-bond acceptors (Lipinski definition) is 4. The van der Waals surface area contributed by atoms with E-state index in [2.05, 4.69) is 16.3 Å². The predicted octanol–water partition coefficient (Wildman–Crippen LogP) is 2.57. The zero-order chi connectivity index (χ0) is 21.3. The maximum atomic E-state index is 12.6. The number of nitrogens with zero attached hydrogens (tertiary/aromatic N) is 4. The monoisotopic (exact) mass is 409 g/mol. The summed E-state index contributed by atoms with van der Waals surface area (Å²) in [5.74, 6) is 2.43. The van der Waals surface area contributed by atoms with Crippen molar-refractivity contribution in [1.82, 2.24) is 19.5 Å². The maximum Gasteiger partial charge on any atom is 0.319 e. The van der Waals surface area contributed by atoms with Gasteiger partial charge in [-0.25, -0.2) is 4.79 Å². The molecule has 0 aliphatic carbocycles. The topological polar surface area (TPSA) is 73.4 Å². The minimum Gasteiger partial charge on any atom is -0.465 e. The summed E-state index contributed by atoms with van der Waals surface area (Å²) in [5, 5.41) is 2.90. The maximum absolute atomic E-state index is 12.6. The van der Waals surface area contributed by atoms with E-state index in [1.54, 1.807) is 19.0 Å². The molecule has 0 spiro atoms. The van der Waals surface area contributed by atoms with Crippen LogP contribution in [0.2, 0.25) is 0 Å². The van der Waals surface area contributed by atoms with Gasteiger partial charge in [0.2, 0.25) is 0 Å². The van der Waals surface area contributed by atoms with E-state index in [0.29, 0.717) is 25.2 Å². The number of pyridine rings is 1. The van der Waals surface area contributed by atoms with E-state index in [1.165, 1.54) is 0 Å². The van der Waals surface area contributed by atoms with Gasteiger partial charge in [0.15, 0.2) is 0 Å². The molecule has 0 aromatic carbocycles. The molecule has 3 aromatic heterocycles. The third-order valence-electron chi connectivity index (χ3n) is 5.37. The van der Waals surface area contributed by atoms with Gasteiger partial charge in [0.1, 0.15) is 17.3 Å². The van der Waals surface area contributed by atoms with Crippen molar-refractivity contribution in [2.24, 2.45) is 0 Å². The summed E-state index contributed by atoms with van der Waals surface area (Å²) in [4.78, 5) is 30.5. The van der Waals surface area contributed by atoms with Gasteiger partial charge in [0.05, 0.1) is 12.1 Å². The van der Waals surface area contributed by atoms with Gasteiger partial charge in [-0.3, -0.25) is 4.79 Å². The minimum absolute atomic E-state index is 0.0420. The van der Waals surface area contributed by atoms with Crippen molar-refractivity contribution in [3.63, 3.8) is 0 Å². The van der Waals surface area contributed by atoms with Crippen molar-refractivity contribution in [3.05, 3.63) is 59.7 Å². The summed E-state index contributed by atoms with van der Waals surface area (Å²) in [6.45, 7) is 5.08. The highest BCUT2D eigenvalue weighted by molar-refractivity contribution is 5.94. The van der Waals surface area contributed by atoms with Gasteiger partial charge >= 0.3 is 6.03 Å². The average Bonchev–Trinajstić information content (AvgIpc) is 3.37. The van der Waals surface area contributed by atoms with Crippen molar-refractivity contribution in [1.29, 1.82) is 0 Å². The fourth-order valence-electron chi connectivity index (χ4n) is 3.74. The number of aryl methyl sites for hydroxylation is 1. The van der Waals surface area contributed by atoms with E-state index in [1.807, 2.05) is 52.8 Å². The summed E-state index contributed by atoms with van der Waals surface area (Å²) < 4.78 is 7.55. The number of anilines is 1. The highest BCUT2D eigenvalue weighted by Crippen LogP contribution is 2.22. The van der Waals surface area contributed by atoms with Crippen molar-refractivity contribution in [2.75, 3.05) is 45.2 Å². The Bertz CT molecular complexity index is 1060. The molecule has 4 rings (SSSR count). The number of hydrogen-bond donors (Lipinski definition) is 1. The first kappa shape index (κ1) is 19.9. The van der Waals surface area contributed by atoms with Crippen LogP contribution in [0, 0.1) is 6.92 Å². The zero-order valence-electron chi connectivity index (χ0n) is 17.6. The zero-order valence-corrected chi connectivity index (χ0v) is 17.6. The summed E-state index contributed by atoms with van der Waals surface area (Å²) in [5.41, 5.74) is 1.61. The molecule has 30 heavy (non-hydrogen) atoms. The Kier molecular flexibility index (Phi) is 5.39. The lowest BCUT2D eigenvalue weighted by molar-refractivity contribution is 0.0947. The van der Waals surface area contributed by atoms with Gasteiger partial charge in [-0.15, -0.1) is 0 Å². The number of urea groups is 1. The SMILES string of the molecule is Cc1ccc(CNC(=O)c2ccc3ccc(N4CCN(C(=O)N(C)C)CC4)n3c2)o1. The Labute approximate surface area is 175 Å². The molecule has 0 saturated carbocycles. The summed E-state index contributed by atoms with van der Waals surface area (Å²) in [6, 6.07) is 11.7. The molecule has 0 bridgehead atoms. The van der Waals surface area contributed by atoms with Gasteiger partial charge in [-0.1, -0.05) is 0 Å². The lowest BCUT2D eigenvalue weighted by Crippen LogP contribution is -2.51. The number of piperazine rings is 1. The van der Waals surface area contributed by atoms with Crippen molar-refractivity contribution in [2.45, 2.75) is 13.5 Å².